The SMILES string of the molecule is CC(C)[C@H]1CC[C@H](CF)CC1. The van der Waals surface area contributed by atoms with E-state index in [9.17, 15) is 4.39 Å². The molecular formula is C10H19F. The minimum atomic E-state index is -0.0924. The number of hydrogen-bond acceptors (Lipinski definition) is 0. The van der Waals surface area contributed by atoms with E-state index in [-0.39, 0.29) is 6.67 Å². The molecule has 0 bridgehead atoms. The van der Waals surface area contributed by atoms with E-state index < -0.39 is 0 Å². The summed E-state index contributed by atoms with van der Waals surface area (Å²) < 4.78 is 12.2. The van der Waals surface area contributed by atoms with Crippen LogP contribution in [0.1, 0.15) is 39.5 Å². The van der Waals surface area contributed by atoms with E-state index in [1.807, 2.05) is 0 Å². The number of hydrogen-bond donors (Lipinski definition) is 0. The van der Waals surface area contributed by atoms with Gasteiger partial charge in [-0.15, -0.1) is 0 Å². The quantitative estimate of drug-likeness (QED) is 0.577. The molecule has 0 amide bonds. The molecule has 0 aliphatic heterocycles. The first kappa shape index (κ1) is 9.02. The molecule has 1 rings (SSSR count). The van der Waals surface area contributed by atoms with Crippen LogP contribution in [0.5, 0.6) is 0 Å². The zero-order valence-electron chi connectivity index (χ0n) is 7.65. The third-order valence-electron chi connectivity index (χ3n) is 3.05. The second-order valence-corrected chi connectivity index (χ2v) is 4.18. The summed E-state index contributed by atoms with van der Waals surface area (Å²) in [5, 5.41) is 0. The molecule has 1 aliphatic carbocycles. The fourth-order valence-electron chi connectivity index (χ4n) is 2.01. The number of rotatable bonds is 2. The van der Waals surface area contributed by atoms with Crippen molar-refractivity contribution in [3.8, 4) is 0 Å². The Labute approximate surface area is 69.2 Å². The van der Waals surface area contributed by atoms with Gasteiger partial charge in [-0.25, -0.2) is 0 Å². The molecule has 0 saturated heterocycles. The lowest BCUT2D eigenvalue weighted by Gasteiger charge is -2.29. The molecule has 66 valence electrons. The lowest BCUT2D eigenvalue weighted by Crippen LogP contribution is -2.19. The van der Waals surface area contributed by atoms with Gasteiger partial charge in [0.1, 0.15) is 0 Å². The van der Waals surface area contributed by atoms with Crippen LogP contribution in [0, 0.1) is 17.8 Å². The van der Waals surface area contributed by atoms with Crippen LogP contribution in [0.25, 0.3) is 0 Å². The van der Waals surface area contributed by atoms with Crippen LogP contribution in [-0.4, -0.2) is 6.67 Å². The topological polar surface area (TPSA) is 0 Å². The normalized spacial score (nSPS) is 32.7. The molecule has 1 heteroatoms. The molecule has 11 heavy (non-hydrogen) atoms. The van der Waals surface area contributed by atoms with Crippen LogP contribution in [0.2, 0.25) is 0 Å². The van der Waals surface area contributed by atoms with Crippen LogP contribution in [-0.2, 0) is 0 Å². The highest BCUT2D eigenvalue weighted by molar-refractivity contribution is 4.73. The number of alkyl halides is 1. The summed E-state index contributed by atoms with van der Waals surface area (Å²) in [4.78, 5) is 0. The molecule has 0 heterocycles. The third kappa shape index (κ3) is 2.46. The summed E-state index contributed by atoms with van der Waals surface area (Å²) in [5.74, 6) is 2.07. The molecule has 0 radical (unpaired) electrons. The van der Waals surface area contributed by atoms with Crippen LogP contribution in [0.15, 0.2) is 0 Å². The van der Waals surface area contributed by atoms with E-state index in [0.29, 0.717) is 5.92 Å². The van der Waals surface area contributed by atoms with Crippen LogP contribution < -0.4 is 0 Å². The summed E-state index contributed by atoms with van der Waals surface area (Å²) in [6, 6.07) is 0. The molecule has 0 aromatic heterocycles. The zero-order chi connectivity index (χ0) is 8.27. The fourth-order valence-corrected chi connectivity index (χ4v) is 2.01. The van der Waals surface area contributed by atoms with Gasteiger partial charge in [0.2, 0.25) is 0 Å². The maximum absolute atomic E-state index is 12.2. The van der Waals surface area contributed by atoms with Crippen LogP contribution in [0.4, 0.5) is 4.39 Å². The first-order valence-electron chi connectivity index (χ1n) is 4.80. The molecule has 0 aromatic rings. The number of halogens is 1. The van der Waals surface area contributed by atoms with E-state index >= 15 is 0 Å². The van der Waals surface area contributed by atoms with E-state index in [1.165, 1.54) is 12.8 Å². The van der Waals surface area contributed by atoms with Gasteiger partial charge in [0.15, 0.2) is 0 Å². The highest BCUT2D eigenvalue weighted by atomic mass is 19.1. The van der Waals surface area contributed by atoms with Gasteiger partial charge in [-0.3, -0.25) is 4.39 Å². The smallest absolute Gasteiger partial charge is 0.0922 e. The third-order valence-corrected chi connectivity index (χ3v) is 3.05. The van der Waals surface area contributed by atoms with E-state index in [0.717, 1.165) is 24.7 Å². The van der Waals surface area contributed by atoms with Gasteiger partial charge in [0.25, 0.3) is 0 Å². The second kappa shape index (κ2) is 4.08. The standard InChI is InChI=1S/C10H19F/c1-8(2)10-5-3-9(7-11)4-6-10/h8-10H,3-7H2,1-2H3/t9-,10-. The van der Waals surface area contributed by atoms with Crippen molar-refractivity contribution in [3.63, 3.8) is 0 Å². The first-order chi connectivity index (χ1) is 5.24. The average molecular weight is 158 g/mol. The minimum Gasteiger partial charge on any atom is -0.251 e. The van der Waals surface area contributed by atoms with Gasteiger partial charge < -0.3 is 0 Å². The molecule has 0 atom stereocenters. The summed E-state index contributed by atoms with van der Waals surface area (Å²) in [5.41, 5.74) is 0. The molecule has 0 spiro atoms. The Morgan fingerprint density at radius 1 is 1.18 bits per heavy atom. The second-order valence-electron chi connectivity index (χ2n) is 4.18. The summed E-state index contributed by atoms with van der Waals surface area (Å²) in [7, 11) is 0. The predicted octanol–water partition coefficient (Wildman–Crippen LogP) is 3.42. The Bertz CT molecular complexity index is 101. The molecule has 0 nitrogen and oxygen atoms in total. The molecule has 1 fully saturated rings. The Morgan fingerprint density at radius 3 is 2.09 bits per heavy atom. The lowest BCUT2D eigenvalue weighted by molar-refractivity contribution is 0.197. The largest absolute Gasteiger partial charge is 0.251 e. The molecule has 1 aliphatic rings. The summed E-state index contributed by atoms with van der Waals surface area (Å²) >= 11 is 0. The molecule has 0 unspecified atom stereocenters. The van der Waals surface area contributed by atoms with Crippen molar-refractivity contribution < 1.29 is 4.39 Å². The van der Waals surface area contributed by atoms with Crippen molar-refractivity contribution in [3.05, 3.63) is 0 Å². The Balaban J connectivity index is 2.24. The van der Waals surface area contributed by atoms with Gasteiger partial charge in [-0.1, -0.05) is 13.8 Å². The zero-order valence-corrected chi connectivity index (χ0v) is 7.65. The summed E-state index contributed by atoms with van der Waals surface area (Å²) in [6.45, 7) is 4.46. The van der Waals surface area contributed by atoms with E-state index in [1.54, 1.807) is 0 Å². The Hall–Kier alpha value is -0.0700. The minimum absolute atomic E-state index is 0.0924. The van der Waals surface area contributed by atoms with Crippen molar-refractivity contribution in [2.45, 2.75) is 39.5 Å². The molecule has 1 saturated carbocycles. The van der Waals surface area contributed by atoms with Gasteiger partial charge in [0, 0.05) is 0 Å². The van der Waals surface area contributed by atoms with Crippen LogP contribution in [0.3, 0.4) is 0 Å². The first-order valence-corrected chi connectivity index (χ1v) is 4.80. The predicted molar refractivity (Wildman–Crippen MR) is 46.3 cm³/mol. The Kier molecular flexibility index (Phi) is 3.35. The van der Waals surface area contributed by atoms with Crippen molar-refractivity contribution in [2.75, 3.05) is 6.67 Å². The van der Waals surface area contributed by atoms with Gasteiger partial charge in [0.05, 0.1) is 6.67 Å². The van der Waals surface area contributed by atoms with Crippen LogP contribution >= 0.6 is 0 Å². The van der Waals surface area contributed by atoms with Gasteiger partial charge in [-0.2, -0.15) is 0 Å². The lowest BCUT2D eigenvalue weighted by atomic mass is 9.77. The Morgan fingerprint density at radius 2 is 1.73 bits per heavy atom. The molecule has 0 aromatic carbocycles. The molecular weight excluding hydrogens is 139 g/mol. The highest BCUT2D eigenvalue weighted by Crippen LogP contribution is 2.33. The highest BCUT2D eigenvalue weighted by Gasteiger charge is 2.22. The maximum Gasteiger partial charge on any atom is 0.0922 e. The van der Waals surface area contributed by atoms with E-state index in [4.69, 9.17) is 0 Å². The average Bonchev–Trinajstić information content (AvgIpc) is 2.05. The van der Waals surface area contributed by atoms with E-state index in [2.05, 4.69) is 13.8 Å². The summed E-state index contributed by atoms with van der Waals surface area (Å²) in [6.07, 6.45) is 4.76. The fraction of sp³-hybridized carbons (Fsp3) is 1.00. The van der Waals surface area contributed by atoms with Gasteiger partial charge in [-0.05, 0) is 43.4 Å². The monoisotopic (exact) mass is 158 g/mol. The van der Waals surface area contributed by atoms with Gasteiger partial charge >= 0.3 is 0 Å². The van der Waals surface area contributed by atoms with Crippen molar-refractivity contribution in [1.29, 1.82) is 0 Å². The van der Waals surface area contributed by atoms with Crippen molar-refractivity contribution in [2.24, 2.45) is 17.8 Å². The molecule has 0 N–H and O–H groups in total. The van der Waals surface area contributed by atoms with Crippen molar-refractivity contribution >= 4 is 0 Å². The van der Waals surface area contributed by atoms with Crippen molar-refractivity contribution in [1.82, 2.24) is 0 Å². The maximum atomic E-state index is 12.2.